The molecule has 0 saturated carbocycles. The summed E-state index contributed by atoms with van der Waals surface area (Å²) >= 11 is 0. The van der Waals surface area contributed by atoms with E-state index in [0.29, 0.717) is 19.5 Å². The number of hydrogen-bond acceptors (Lipinski definition) is 2. The summed E-state index contributed by atoms with van der Waals surface area (Å²) in [6.45, 7) is 1.90. The molecule has 1 saturated heterocycles. The topological polar surface area (TPSA) is 40.6 Å². The quantitative estimate of drug-likeness (QED) is 0.838. The number of nitrogens with zero attached hydrogens (tertiary/aromatic N) is 2. The van der Waals surface area contributed by atoms with Gasteiger partial charge in [-0.25, -0.2) is 0 Å². The fourth-order valence-corrected chi connectivity index (χ4v) is 4.22. The molecular weight excluding hydrogens is 336 g/mol. The smallest absolute Gasteiger partial charge is 0.245 e. The highest BCUT2D eigenvalue weighted by molar-refractivity contribution is 5.88. The minimum absolute atomic E-state index is 0.104. The third kappa shape index (κ3) is 3.90. The standard InChI is InChI=1S/C23H26N2O2/c26-22-13-7-6-12-21(25(22)16-18-8-2-1-3-9-18)23(27)24-15-14-19-10-4-5-11-20(19)17-24/h1-5,8-11,21H,6-7,12-17H2. The predicted octanol–water partition coefficient (Wildman–Crippen LogP) is 3.54. The van der Waals surface area contributed by atoms with Gasteiger partial charge in [0.1, 0.15) is 6.04 Å². The van der Waals surface area contributed by atoms with E-state index in [0.717, 1.165) is 37.8 Å². The van der Waals surface area contributed by atoms with Crippen LogP contribution in [0.3, 0.4) is 0 Å². The number of carbonyl (C=O) groups excluding carboxylic acids is 2. The minimum Gasteiger partial charge on any atom is -0.336 e. The first kappa shape index (κ1) is 17.8. The van der Waals surface area contributed by atoms with Gasteiger partial charge in [0.2, 0.25) is 11.8 Å². The van der Waals surface area contributed by atoms with Crippen molar-refractivity contribution in [2.75, 3.05) is 6.54 Å². The first-order valence-corrected chi connectivity index (χ1v) is 9.91. The van der Waals surface area contributed by atoms with Crippen molar-refractivity contribution in [3.8, 4) is 0 Å². The lowest BCUT2D eigenvalue weighted by atomic mass is 9.98. The highest BCUT2D eigenvalue weighted by atomic mass is 16.2. The van der Waals surface area contributed by atoms with Crippen LogP contribution in [-0.4, -0.2) is 34.2 Å². The second-order valence-corrected chi connectivity index (χ2v) is 7.55. The van der Waals surface area contributed by atoms with Crippen LogP contribution in [0.4, 0.5) is 0 Å². The van der Waals surface area contributed by atoms with E-state index in [2.05, 4.69) is 18.2 Å². The van der Waals surface area contributed by atoms with Crippen molar-refractivity contribution in [2.45, 2.75) is 51.2 Å². The molecule has 0 bridgehead atoms. The van der Waals surface area contributed by atoms with Crippen LogP contribution >= 0.6 is 0 Å². The maximum absolute atomic E-state index is 13.4. The van der Waals surface area contributed by atoms with E-state index < -0.39 is 0 Å². The zero-order chi connectivity index (χ0) is 18.6. The Hall–Kier alpha value is -2.62. The van der Waals surface area contributed by atoms with Crippen molar-refractivity contribution in [3.63, 3.8) is 0 Å². The third-order valence-corrected chi connectivity index (χ3v) is 5.74. The second-order valence-electron chi connectivity index (χ2n) is 7.55. The molecule has 1 fully saturated rings. The summed E-state index contributed by atoms with van der Waals surface area (Å²) in [5, 5.41) is 0. The van der Waals surface area contributed by atoms with Crippen LogP contribution in [0.2, 0.25) is 0 Å². The number of hydrogen-bond donors (Lipinski definition) is 0. The lowest BCUT2D eigenvalue weighted by molar-refractivity contribution is -0.146. The molecule has 0 N–H and O–H groups in total. The molecule has 2 amide bonds. The Kier molecular flexibility index (Phi) is 5.23. The lowest BCUT2D eigenvalue weighted by Gasteiger charge is -2.36. The fourth-order valence-electron chi connectivity index (χ4n) is 4.22. The molecule has 2 aromatic rings. The Bertz CT molecular complexity index is 818. The van der Waals surface area contributed by atoms with Gasteiger partial charge in [0, 0.05) is 26.1 Å². The van der Waals surface area contributed by atoms with Gasteiger partial charge in [-0.3, -0.25) is 9.59 Å². The summed E-state index contributed by atoms with van der Waals surface area (Å²) in [6.07, 6.45) is 3.99. The van der Waals surface area contributed by atoms with E-state index in [-0.39, 0.29) is 17.9 Å². The van der Waals surface area contributed by atoms with Crippen LogP contribution in [0.25, 0.3) is 0 Å². The lowest BCUT2D eigenvalue weighted by Crippen LogP contribution is -2.50. The van der Waals surface area contributed by atoms with Gasteiger partial charge in [0.05, 0.1) is 0 Å². The number of fused-ring (bicyclic) bond motifs is 1. The van der Waals surface area contributed by atoms with Gasteiger partial charge in [0.25, 0.3) is 0 Å². The van der Waals surface area contributed by atoms with Crippen molar-refractivity contribution >= 4 is 11.8 Å². The Morgan fingerprint density at radius 1 is 0.926 bits per heavy atom. The minimum atomic E-state index is -0.342. The molecule has 1 unspecified atom stereocenters. The number of amides is 2. The molecule has 2 aliphatic rings. The Morgan fingerprint density at radius 3 is 2.48 bits per heavy atom. The molecule has 0 spiro atoms. The van der Waals surface area contributed by atoms with Crippen LogP contribution in [0, 0.1) is 0 Å². The molecule has 0 radical (unpaired) electrons. The van der Waals surface area contributed by atoms with Gasteiger partial charge in [-0.1, -0.05) is 61.0 Å². The van der Waals surface area contributed by atoms with Crippen molar-refractivity contribution < 1.29 is 9.59 Å². The average Bonchev–Trinajstić information content (AvgIpc) is 2.89. The second kappa shape index (κ2) is 7.95. The Morgan fingerprint density at radius 2 is 1.67 bits per heavy atom. The van der Waals surface area contributed by atoms with E-state index in [4.69, 9.17) is 0 Å². The monoisotopic (exact) mass is 362 g/mol. The summed E-state index contributed by atoms with van der Waals surface area (Å²) in [5.74, 6) is 0.211. The first-order chi connectivity index (χ1) is 13.2. The maximum Gasteiger partial charge on any atom is 0.245 e. The predicted molar refractivity (Wildman–Crippen MR) is 105 cm³/mol. The van der Waals surface area contributed by atoms with Crippen LogP contribution in [0.5, 0.6) is 0 Å². The fraction of sp³-hybridized carbons (Fsp3) is 0.391. The molecular formula is C23H26N2O2. The van der Waals surface area contributed by atoms with E-state index in [9.17, 15) is 9.59 Å². The molecule has 2 aliphatic heterocycles. The summed E-state index contributed by atoms with van der Waals surface area (Å²) in [4.78, 5) is 29.9. The molecule has 27 heavy (non-hydrogen) atoms. The van der Waals surface area contributed by atoms with E-state index >= 15 is 0 Å². The van der Waals surface area contributed by atoms with Crippen LogP contribution < -0.4 is 0 Å². The van der Waals surface area contributed by atoms with Gasteiger partial charge in [-0.15, -0.1) is 0 Å². The molecule has 4 rings (SSSR count). The maximum atomic E-state index is 13.4. The van der Waals surface area contributed by atoms with E-state index in [1.165, 1.54) is 11.1 Å². The molecule has 0 aromatic heterocycles. The van der Waals surface area contributed by atoms with Gasteiger partial charge in [0.15, 0.2) is 0 Å². The summed E-state index contributed by atoms with van der Waals surface area (Å²) < 4.78 is 0. The van der Waals surface area contributed by atoms with Gasteiger partial charge in [-0.2, -0.15) is 0 Å². The zero-order valence-electron chi connectivity index (χ0n) is 15.6. The first-order valence-electron chi connectivity index (χ1n) is 9.91. The van der Waals surface area contributed by atoms with Gasteiger partial charge in [-0.05, 0) is 36.0 Å². The van der Waals surface area contributed by atoms with Gasteiger partial charge >= 0.3 is 0 Å². The van der Waals surface area contributed by atoms with Crippen molar-refractivity contribution in [2.24, 2.45) is 0 Å². The van der Waals surface area contributed by atoms with Crippen LogP contribution in [0.1, 0.15) is 42.4 Å². The molecule has 4 nitrogen and oxygen atoms in total. The molecule has 1 atom stereocenters. The Balaban J connectivity index is 1.55. The third-order valence-electron chi connectivity index (χ3n) is 5.74. The molecule has 2 aromatic carbocycles. The van der Waals surface area contributed by atoms with Crippen molar-refractivity contribution in [3.05, 3.63) is 71.3 Å². The Labute approximate surface area is 160 Å². The molecule has 2 heterocycles. The largest absolute Gasteiger partial charge is 0.336 e. The van der Waals surface area contributed by atoms with Gasteiger partial charge < -0.3 is 9.80 Å². The highest BCUT2D eigenvalue weighted by Gasteiger charge is 2.35. The molecule has 4 heteroatoms. The SMILES string of the molecule is O=C(C1CCCCC(=O)N1Cc1ccccc1)N1CCc2ccccc2C1. The number of benzene rings is 2. The highest BCUT2D eigenvalue weighted by Crippen LogP contribution is 2.25. The van der Waals surface area contributed by atoms with Crippen LogP contribution in [0.15, 0.2) is 54.6 Å². The summed E-state index contributed by atoms with van der Waals surface area (Å²) in [5.41, 5.74) is 3.64. The number of likely N-dealkylation sites (tertiary alicyclic amines) is 1. The van der Waals surface area contributed by atoms with Crippen LogP contribution in [-0.2, 0) is 29.1 Å². The number of carbonyl (C=O) groups is 2. The number of rotatable bonds is 3. The molecule has 0 aliphatic carbocycles. The van der Waals surface area contributed by atoms with E-state index in [1.807, 2.05) is 46.2 Å². The average molecular weight is 362 g/mol. The molecule has 140 valence electrons. The van der Waals surface area contributed by atoms with E-state index in [1.54, 1.807) is 0 Å². The zero-order valence-corrected chi connectivity index (χ0v) is 15.6. The van der Waals surface area contributed by atoms with Crippen molar-refractivity contribution in [1.29, 1.82) is 0 Å². The van der Waals surface area contributed by atoms with Crippen molar-refractivity contribution in [1.82, 2.24) is 9.80 Å². The summed E-state index contributed by atoms with van der Waals surface area (Å²) in [7, 11) is 0. The summed E-state index contributed by atoms with van der Waals surface area (Å²) in [6, 6.07) is 18.0. The normalized spacial score (nSPS) is 20.1.